The molecule has 1 aromatic heterocycles. The lowest BCUT2D eigenvalue weighted by Crippen LogP contribution is -2.65. The average molecular weight is 296 g/mol. The summed E-state index contributed by atoms with van der Waals surface area (Å²) in [6.45, 7) is 4.90. The second-order valence-electron chi connectivity index (χ2n) is 6.25. The highest BCUT2D eigenvalue weighted by molar-refractivity contribution is 5.98. The molecule has 0 aliphatic carbocycles. The van der Waals surface area contributed by atoms with Crippen molar-refractivity contribution in [3.8, 4) is 5.69 Å². The van der Waals surface area contributed by atoms with Crippen LogP contribution in [0, 0.1) is 12.8 Å². The van der Waals surface area contributed by atoms with Crippen LogP contribution in [0.4, 0.5) is 0 Å². The van der Waals surface area contributed by atoms with Gasteiger partial charge in [-0.2, -0.15) is 5.10 Å². The zero-order valence-corrected chi connectivity index (χ0v) is 12.7. The molecule has 2 aromatic rings. The monoisotopic (exact) mass is 296 g/mol. The highest BCUT2D eigenvalue weighted by Gasteiger charge is 2.43. The Balaban J connectivity index is 1.67. The van der Waals surface area contributed by atoms with Gasteiger partial charge < -0.3 is 10.2 Å². The second-order valence-corrected chi connectivity index (χ2v) is 6.25. The summed E-state index contributed by atoms with van der Waals surface area (Å²) in [5.74, 6) is 0.794. The van der Waals surface area contributed by atoms with Gasteiger partial charge >= 0.3 is 0 Å². The van der Waals surface area contributed by atoms with Gasteiger partial charge in [0.15, 0.2) is 0 Å². The van der Waals surface area contributed by atoms with E-state index in [9.17, 15) is 4.79 Å². The van der Waals surface area contributed by atoms with E-state index in [2.05, 4.69) is 10.4 Å². The smallest absolute Gasteiger partial charge is 0.256 e. The summed E-state index contributed by atoms with van der Waals surface area (Å²) in [6.07, 6.45) is 4.79. The van der Waals surface area contributed by atoms with Gasteiger partial charge in [-0.25, -0.2) is 4.68 Å². The molecule has 2 unspecified atom stereocenters. The van der Waals surface area contributed by atoms with Crippen LogP contribution in [0.3, 0.4) is 0 Å². The van der Waals surface area contributed by atoms with E-state index in [-0.39, 0.29) is 5.91 Å². The molecule has 1 N–H and O–H groups in total. The minimum atomic E-state index is 0.124. The van der Waals surface area contributed by atoms with Crippen molar-refractivity contribution in [2.24, 2.45) is 5.92 Å². The van der Waals surface area contributed by atoms with E-state index < -0.39 is 0 Å². The number of likely N-dealkylation sites (tertiary alicyclic amines) is 1. The van der Waals surface area contributed by atoms with Crippen LogP contribution in [-0.2, 0) is 0 Å². The lowest BCUT2D eigenvalue weighted by atomic mass is 9.82. The lowest BCUT2D eigenvalue weighted by molar-refractivity contribution is 0.00280. The summed E-state index contributed by atoms with van der Waals surface area (Å²) in [5, 5.41) is 7.67. The van der Waals surface area contributed by atoms with Crippen molar-refractivity contribution in [2.75, 3.05) is 19.6 Å². The number of hydrogen-bond donors (Lipinski definition) is 1. The quantitative estimate of drug-likeness (QED) is 0.916. The number of nitrogens with zero attached hydrogens (tertiary/aromatic N) is 3. The fraction of sp³-hybridized carbons (Fsp3) is 0.412. The first kappa shape index (κ1) is 13.5. The SMILES string of the molecule is Cc1ccc(-n2cccn2)c(C(=O)N2CC3CCNCC32)c1. The zero-order chi connectivity index (χ0) is 15.1. The largest absolute Gasteiger partial charge is 0.334 e. The molecule has 5 heteroatoms. The molecule has 0 bridgehead atoms. The van der Waals surface area contributed by atoms with Crippen molar-refractivity contribution in [3.05, 3.63) is 47.8 Å². The molecule has 0 radical (unpaired) electrons. The summed E-state index contributed by atoms with van der Waals surface area (Å²) in [4.78, 5) is 15.0. The third-order valence-corrected chi connectivity index (χ3v) is 4.82. The predicted octanol–water partition coefficient (Wildman–Crippen LogP) is 1.61. The van der Waals surface area contributed by atoms with E-state index in [0.717, 1.165) is 36.4 Å². The maximum absolute atomic E-state index is 13.0. The number of piperidine rings is 1. The third kappa shape index (κ3) is 2.13. The number of carbonyl (C=O) groups excluding carboxylic acids is 1. The van der Waals surface area contributed by atoms with Crippen molar-refractivity contribution in [1.29, 1.82) is 0 Å². The number of aryl methyl sites for hydroxylation is 1. The van der Waals surface area contributed by atoms with Gasteiger partial charge in [0.2, 0.25) is 0 Å². The van der Waals surface area contributed by atoms with Crippen molar-refractivity contribution in [3.63, 3.8) is 0 Å². The van der Waals surface area contributed by atoms with Gasteiger partial charge in [0.05, 0.1) is 11.3 Å². The van der Waals surface area contributed by atoms with Crippen molar-refractivity contribution in [1.82, 2.24) is 20.0 Å². The number of carbonyl (C=O) groups is 1. The van der Waals surface area contributed by atoms with Crippen molar-refractivity contribution >= 4 is 5.91 Å². The third-order valence-electron chi connectivity index (χ3n) is 4.82. The summed E-state index contributed by atoms with van der Waals surface area (Å²) in [5.41, 5.74) is 2.69. The standard InChI is InChI=1S/C17H20N4O/c1-12-3-4-15(21-8-2-6-19-21)14(9-12)17(22)20-11-13-5-7-18-10-16(13)20/h2-4,6,8-9,13,16,18H,5,7,10-11H2,1H3. The number of hydrogen-bond acceptors (Lipinski definition) is 3. The second kappa shape index (κ2) is 5.25. The first-order chi connectivity index (χ1) is 10.7. The van der Waals surface area contributed by atoms with Gasteiger partial charge in [0, 0.05) is 31.5 Å². The number of rotatable bonds is 2. The average Bonchev–Trinajstić information content (AvgIpc) is 3.02. The molecule has 2 aliphatic rings. The fourth-order valence-corrected chi connectivity index (χ4v) is 3.54. The first-order valence-corrected chi connectivity index (χ1v) is 7.86. The summed E-state index contributed by atoms with van der Waals surface area (Å²) < 4.78 is 1.77. The van der Waals surface area contributed by atoms with Gasteiger partial charge in [-0.3, -0.25) is 4.79 Å². The number of aromatic nitrogens is 2. The van der Waals surface area contributed by atoms with Crippen LogP contribution >= 0.6 is 0 Å². The molecule has 1 aromatic carbocycles. The van der Waals surface area contributed by atoms with E-state index in [1.54, 1.807) is 10.9 Å². The van der Waals surface area contributed by atoms with Crippen LogP contribution in [0.25, 0.3) is 5.69 Å². The Morgan fingerprint density at radius 3 is 3.09 bits per heavy atom. The highest BCUT2D eigenvalue weighted by Crippen LogP contribution is 2.32. The number of amides is 1. The summed E-state index contributed by atoms with van der Waals surface area (Å²) >= 11 is 0. The Bertz CT molecular complexity index is 695. The zero-order valence-electron chi connectivity index (χ0n) is 12.7. The summed E-state index contributed by atoms with van der Waals surface area (Å²) in [7, 11) is 0. The molecule has 2 aliphatic heterocycles. The number of benzene rings is 1. The van der Waals surface area contributed by atoms with Crippen LogP contribution in [-0.4, -0.2) is 46.3 Å². The van der Waals surface area contributed by atoms with Crippen molar-refractivity contribution < 1.29 is 4.79 Å². The first-order valence-electron chi connectivity index (χ1n) is 7.86. The van der Waals surface area contributed by atoms with E-state index in [0.29, 0.717) is 12.0 Å². The number of fused-ring (bicyclic) bond motifs is 1. The molecular weight excluding hydrogens is 276 g/mol. The van der Waals surface area contributed by atoms with Gasteiger partial charge in [-0.15, -0.1) is 0 Å². The molecule has 1 amide bonds. The maximum atomic E-state index is 13.0. The van der Waals surface area contributed by atoms with Crippen LogP contribution in [0.2, 0.25) is 0 Å². The minimum absolute atomic E-state index is 0.124. The Labute approximate surface area is 129 Å². The molecule has 22 heavy (non-hydrogen) atoms. The van der Waals surface area contributed by atoms with E-state index in [1.165, 1.54) is 6.42 Å². The predicted molar refractivity (Wildman–Crippen MR) is 84.1 cm³/mol. The molecule has 2 atom stereocenters. The van der Waals surface area contributed by atoms with Gasteiger partial charge in [0.1, 0.15) is 0 Å². The molecule has 4 rings (SSSR count). The van der Waals surface area contributed by atoms with Crippen LogP contribution in [0.15, 0.2) is 36.7 Å². The summed E-state index contributed by atoms with van der Waals surface area (Å²) in [6, 6.07) is 8.20. The van der Waals surface area contributed by atoms with Crippen LogP contribution in [0.1, 0.15) is 22.3 Å². The van der Waals surface area contributed by atoms with E-state index >= 15 is 0 Å². The Morgan fingerprint density at radius 1 is 1.41 bits per heavy atom. The molecule has 3 heterocycles. The molecule has 114 valence electrons. The Kier molecular flexibility index (Phi) is 3.22. The Morgan fingerprint density at radius 2 is 2.32 bits per heavy atom. The van der Waals surface area contributed by atoms with E-state index in [4.69, 9.17) is 0 Å². The molecule has 0 spiro atoms. The fourth-order valence-electron chi connectivity index (χ4n) is 3.54. The minimum Gasteiger partial charge on any atom is -0.334 e. The molecule has 2 fully saturated rings. The molecule has 0 saturated carbocycles. The van der Waals surface area contributed by atoms with Crippen LogP contribution < -0.4 is 5.32 Å². The number of nitrogens with one attached hydrogen (secondary N) is 1. The van der Waals surface area contributed by atoms with Gasteiger partial charge in [-0.05, 0) is 44.0 Å². The normalized spacial score (nSPS) is 23.8. The highest BCUT2D eigenvalue weighted by atomic mass is 16.2. The topological polar surface area (TPSA) is 50.2 Å². The van der Waals surface area contributed by atoms with Crippen molar-refractivity contribution in [2.45, 2.75) is 19.4 Å². The molecule has 5 nitrogen and oxygen atoms in total. The Hall–Kier alpha value is -2.14. The molecular formula is C17H20N4O. The van der Waals surface area contributed by atoms with E-state index in [1.807, 2.05) is 42.3 Å². The maximum Gasteiger partial charge on any atom is 0.256 e. The van der Waals surface area contributed by atoms with Crippen LogP contribution in [0.5, 0.6) is 0 Å². The van der Waals surface area contributed by atoms with Gasteiger partial charge in [-0.1, -0.05) is 11.6 Å². The van der Waals surface area contributed by atoms with Gasteiger partial charge in [0.25, 0.3) is 5.91 Å². The molecule has 2 saturated heterocycles. The lowest BCUT2D eigenvalue weighted by Gasteiger charge is -2.51.